The number of aromatic nitrogens is 1. The van der Waals surface area contributed by atoms with Gasteiger partial charge < -0.3 is 19.8 Å². The number of halogens is 1. The first kappa shape index (κ1) is 19.3. The zero-order chi connectivity index (χ0) is 18.3. The zero-order valence-electron chi connectivity index (χ0n) is 15.1. The predicted molar refractivity (Wildman–Crippen MR) is 103 cm³/mol. The average molecular weight is 409 g/mol. The molecular weight excluding hydrogens is 384 g/mol. The van der Waals surface area contributed by atoms with E-state index >= 15 is 0 Å². The summed E-state index contributed by atoms with van der Waals surface area (Å²) in [5, 5.41) is 6.37. The molecule has 0 spiro atoms. The molecule has 136 valence electrons. The summed E-state index contributed by atoms with van der Waals surface area (Å²) in [4.78, 5) is 8.47. The molecule has 0 aliphatic rings. The van der Waals surface area contributed by atoms with Crippen molar-refractivity contribution >= 4 is 21.9 Å². The first-order valence-electron chi connectivity index (χ1n) is 8.16. The van der Waals surface area contributed by atoms with Gasteiger partial charge in [-0.3, -0.25) is 4.99 Å². The number of rotatable bonds is 6. The lowest BCUT2D eigenvalue weighted by atomic mass is 9.94. The number of hydrogen-bond acceptors (Lipinski definition) is 4. The molecule has 0 atom stereocenters. The predicted octanol–water partition coefficient (Wildman–Crippen LogP) is 3.48. The SMILES string of the molecule is CN=C(NCCOc1cccc(Br)c1)NCc1ncc(C(C)(C)C)o1. The fourth-order valence-corrected chi connectivity index (χ4v) is 2.39. The van der Waals surface area contributed by atoms with Crippen LogP contribution in [-0.2, 0) is 12.0 Å². The van der Waals surface area contributed by atoms with Crippen molar-refractivity contribution in [3.63, 3.8) is 0 Å². The summed E-state index contributed by atoms with van der Waals surface area (Å²) in [5.74, 6) is 3.01. The van der Waals surface area contributed by atoms with Gasteiger partial charge in [-0.1, -0.05) is 42.8 Å². The summed E-state index contributed by atoms with van der Waals surface area (Å²) >= 11 is 3.42. The van der Waals surface area contributed by atoms with Crippen LogP contribution in [0, 0.1) is 0 Å². The molecule has 0 bridgehead atoms. The summed E-state index contributed by atoms with van der Waals surface area (Å²) in [6.07, 6.45) is 1.78. The third-order valence-electron chi connectivity index (χ3n) is 3.38. The zero-order valence-corrected chi connectivity index (χ0v) is 16.7. The van der Waals surface area contributed by atoms with E-state index < -0.39 is 0 Å². The molecule has 2 rings (SSSR count). The third-order valence-corrected chi connectivity index (χ3v) is 3.88. The molecule has 0 amide bonds. The van der Waals surface area contributed by atoms with Crippen molar-refractivity contribution in [2.75, 3.05) is 20.2 Å². The summed E-state index contributed by atoms with van der Waals surface area (Å²) in [6.45, 7) is 7.92. The highest BCUT2D eigenvalue weighted by atomic mass is 79.9. The van der Waals surface area contributed by atoms with Crippen molar-refractivity contribution in [3.8, 4) is 5.75 Å². The normalized spacial score (nSPS) is 12.1. The van der Waals surface area contributed by atoms with E-state index in [9.17, 15) is 0 Å². The molecule has 1 aromatic carbocycles. The molecular formula is C18H25BrN4O2. The highest BCUT2D eigenvalue weighted by molar-refractivity contribution is 9.10. The van der Waals surface area contributed by atoms with Crippen LogP contribution in [-0.4, -0.2) is 31.1 Å². The first-order valence-corrected chi connectivity index (χ1v) is 8.96. The molecule has 2 N–H and O–H groups in total. The lowest BCUT2D eigenvalue weighted by Crippen LogP contribution is -2.38. The van der Waals surface area contributed by atoms with Gasteiger partial charge in [-0.15, -0.1) is 0 Å². The van der Waals surface area contributed by atoms with Crippen molar-refractivity contribution < 1.29 is 9.15 Å². The van der Waals surface area contributed by atoms with Gasteiger partial charge in [0.15, 0.2) is 5.96 Å². The Hall–Kier alpha value is -2.02. The molecule has 0 aliphatic carbocycles. The molecule has 1 aromatic heterocycles. The van der Waals surface area contributed by atoms with Gasteiger partial charge in [0.1, 0.15) is 18.1 Å². The number of hydrogen-bond donors (Lipinski definition) is 2. The minimum Gasteiger partial charge on any atom is -0.492 e. The van der Waals surface area contributed by atoms with E-state index in [1.165, 1.54) is 0 Å². The van der Waals surface area contributed by atoms with Crippen LogP contribution in [0.5, 0.6) is 5.75 Å². The fourth-order valence-electron chi connectivity index (χ4n) is 2.01. The third kappa shape index (κ3) is 6.42. The Morgan fingerprint density at radius 1 is 1.32 bits per heavy atom. The Labute approximate surface area is 157 Å². The molecule has 0 radical (unpaired) electrons. The van der Waals surface area contributed by atoms with Crippen LogP contribution in [0.1, 0.15) is 32.4 Å². The molecule has 0 aliphatic heterocycles. The lowest BCUT2D eigenvalue weighted by molar-refractivity contribution is 0.321. The summed E-state index contributed by atoms with van der Waals surface area (Å²) in [6, 6.07) is 7.76. The topological polar surface area (TPSA) is 71.7 Å². The van der Waals surface area contributed by atoms with Crippen molar-refractivity contribution in [1.29, 1.82) is 0 Å². The number of benzene rings is 1. The van der Waals surface area contributed by atoms with Gasteiger partial charge in [0.2, 0.25) is 5.89 Å². The maximum Gasteiger partial charge on any atom is 0.213 e. The van der Waals surface area contributed by atoms with E-state index in [2.05, 4.69) is 57.3 Å². The molecule has 2 aromatic rings. The second-order valence-electron chi connectivity index (χ2n) is 6.53. The Morgan fingerprint density at radius 2 is 2.12 bits per heavy atom. The molecule has 1 heterocycles. The van der Waals surface area contributed by atoms with Crippen molar-refractivity contribution in [2.24, 2.45) is 4.99 Å². The Morgan fingerprint density at radius 3 is 2.76 bits per heavy atom. The lowest BCUT2D eigenvalue weighted by Gasteiger charge is -2.13. The van der Waals surface area contributed by atoms with Gasteiger partial charge in [0.25, 0.3) is 0 Å². The second-order valence-corrected chi connectivity index (χ2v) is 7.44. The van der Waals surface area contributed by atoms with Gasteiger partial charge in [0.05, 0.1) is 19.3 Å². The van der Waals surface area contributed by atoms with E-state index in [1.54, 1.807) is 13.2 Å². The van der Waals surface area contributed by atoms with Gasteiger partial charge >= 0.3 is 0 Å². The van der Waals surface area contributed by atoms with E-state index in [1.807, 2.05) is 24.3 Å². The van der Waals surface area contributed by atoms with E-state index in [4.69, 9.17) is 9.15 Å². The Kier molecular flexibility index (Phi) is 6.87. The van der Waals surface area contributed by atoms with Crippen molar-refractivity contribution in [3.05, 3.63) is 46.6 Å². The molecule has 0 saturated carbocycles. The molecule has 0 fully saturated rings. The maximum absolute atomic E-state index is 5.75. The van der Waals surface area contributed by atoms with Gasteiger partial charge in [-0.2, -0.15) is 0 Å². The van der Waals surface area contributed by atoms with Crippen LogP contribution >= 0.6 is 15.9 Å². The highest BCUT2D eigenvalue weighted by Gasteiger charge is 2.19. The second kappa shape index (κ2) is 8.89. The van der Waals surface area contributed by atoms with Crippen molar-refractivity contribution in [1.82, 2.24) is 15.6 Å². The van der Waals surface area contributed by atoms with E-state index in [-0.39, 0.29) is 5.41 Å². The Bertz CT molecular complexity index is 707. The summed E-state index contributed by atoms with van der Waals surface area (Å²) in [5.41, 5.74) is -0.0467. The first-order chi connectivity index (χ1) is 11.9. The van der Waals surface area contributed by atoms with Gasteiger partial charge in [0, 0.05) is 16.9 Å². The van der Waals surface area contributed by atoms with Crippen LogP contribution in [0.15, 0.2) is 44.3 Å². The smallest absolute Gasteiger partial charge is 0.213 e. The largest absolute Gasteiger partial charge is 0.492 e. The number of nitrogens with one attached hydrogen (secondary N) is 2. The maximum atomic E-state index is 5.75. The number of ether oxygens (including phenoxy) is 1. The van der Waals surface area contributed by atoms with Crippen LogP contribution in [0.25, 0.3) is 0 Å². The standard InChI is InChI=1S/C18H25BrN4O2/c1-18(2,3)15-11-22-16(25-15)12-23-17(20-4)21-8-9-24-14-7-5-6-13(19)10-14/h5-7,10-11H,8-9,12H2,1-4H3,(H2,20,21,23). The van der Waals surface area contributed by atoms with E-state index in [0.29, 0.717) is 31.5 Å². The van der Waals surface area contributed by atoms with Crippen LogP contribution < -0.4 is 15.4 Å². The Balaban J connectivity index is 1.73. The number of nitrogens with zero attached hydrogens (tertiary/aromatic N) is 2. The van der Waals surface area contributed by atoms with Crippen LogP contribution in [0.3, 0.4) is 0 Å². The van der Waals surface area contributed by atoms with Gasteiger partial charge in [-0.25, -0.2) is 4.98 Å². The molecule has 7 heteroatoms. The minimum absolute atomic E-state index is 0.0467. The highest BCUT2D eigenvalue weighted by Crippen LogP contribution is 2.22. The van der Waals surface area contributed by atoms with Crippen LogP contribution in [0.4, 0.5) is 0 Å². The summed E-state index contributed by atoms with van der Waals surface area (Å²) < 4.78 is 12.4. The average Bonchev–Trinajstić information content (AvgIpc) is 3.03. The number of oxazole rings is 1. The van der Waals surface area contributed by atoms with Gasteiger partial charge in [-0.05, 0) is 18.2 Å². The molecule has 6 nitrogen and oxygen atoms in total. The van der Waals surface area contributed by atoms with Crippen molar-refractivity contribution in [2.45, 2.75) is 32.7 Å². The fraction of sp³-hybridized carbons (Fsp3) is 0.444. The monoisotopic (exact) mass is 408 g/mol. The van der Waals surface area contributed by atoms with E-state index in [0.717, 1.165) is 16.0 Å². The molecule has 0 saturated heterocycles. The number of aliphatic imine (C=N–C) groups is 1. The number of guanidine groups is 1. The quantitative estimate of drug-likeness (QED) is 0.434. The molecule has 0 unspecified atom stereocenters. The molecule has 25 heavy (non-hydrogen) atoms. The minimum atomic E-state index is -0.0467. The van der Waals surface area contributed by atoms with Crippen LogP contribution in [0.2, 0.25) is 0 Å². The summed E-state index contributed by atoms with van der Waals surface area (Å²) in [7, 11) is 1.72.